The Morgan fingerprint density at radius 2 is 2.03 bits per heavy atom. The first-order chi connectivity index (χ1) is 14.0. The fourth-order valence-electron chi connectivity index (χ4n) is 2.82. The van der Waals surface area contributed by atoms with Crippen LogP contribution in [0.3, 0.4) is 0 Å². The smallest absolute Gasteiger partial charge is 0.337 e. The summed E-state index contributed by atoms with van der Waals surface area (Å²) in [5.41, 5.74) is 2.37. The normalized spacial score (nSPS) is 11.0. The Balaban J connectivity index is 1.56. The molecule has 9 heteroatoms. The van der Waals surface area contributed by atoms with Crippen LogP contribution in [0.1, 0.15) is 21.7 Å². The van der Waals surface area contributed by atoms with Crippen LogP contribution in [0, 0.1) is 6.92 Å². The molecule has 146 valence electrons. The zero-order valence-corrected chi connectivity index (χ0v) is 16.4. The van der Waals surface area contributed by atoms with Crippen molar-refractivity contribution in [3.8, 4) is 11.5 Å². The molecule has 0 bridgehead atoms. The molecule has 29 heavy (non-hydrogen) atoms. The molecule has 0 aliphatic heterocycles. The molecular weight excluding hydrogens is 392 g/mol. The zero-order chi connectivity index (χ0) is 20.4. The summed E-state index contributed by atoms with van der Waals surface area (Å²) in [7, 11) is 1.30. The highest BCUT2D eigenvalue weighted by Crippen LogP contribution is 2.26. The summed E-state index contributed by atoms with van der Waals surface area (Å²) in [5.74, 6) is 0.709. The molecule has 0 amide bonds. The highest BCUT2D eigenvalue weighted by Gasteiger charge is 2.13. The molecular formula is C20H16N4O4S. The highest BCUT2D eigenvalue weighted by atomic mass is 32.2. The van der Waals surface area contributed by atoms with Crippen LogP contribution in [0.5, 0.6) is 0 Å². The molecule has 1 N–H and O–H groups in total. The number of aryl methyl sites for hydroxylation is 1. The number of ether oxygens (including phenoxy) is 1. The van der Waals surface area contributed by atoms with Crippen molar-refractivity contribution in [2.75, 3.05) is 7.11 Å². The van der Waals surface area contributed by atoms with Crippen LogP contribution in [0.4, 0.5) is 0 Å². The van der Waals surface area contributed by atoms with Crippen molar-refractivity contribution in [2.45, 2.75) is 17.9 Å². The lowest BCUT2D eigenvalue weighted by atomic mass is 10.1. The summed E-state index contributed by atoms with van der Waals surface area (Å²) < 4.78 is 10.4. The topological polar surface area (TPSA) is 111 Å². The zero-order valence-electron chi connectivity index (χ0n) is 15.6. The number of thioether (sulfide) groups is 1. The first-order valence-corrected chi connectivity index (χ1v) is 9.67. The number of rotatable bonds is 5. The van der Waals surface area contributed by atoms with Crippen LogP contribution in [0.25, 0.3) is 22.4 Å². The highest BCUT2D eigenvalue weighted by molar-refractivity contribution is 7.98. The maximum absolute atomic E-state index is 12.3. The van der Waals surface area contributed by atoms with Gasteiger partial charge in [0.05, 0.1) is 29.3 Å². The maximum atomic E-state index is 12.3. The third-order valence-electron chi connectivity index (χ3n) is 4.29. The number of nitrogens with zero attached hydrogens (tertiary/aromatic N) is 3. The molecule has 0 saturated heterocycles. The molecule has 0 saturated carbocycles. The van der Waals surface area contributed by atoms with E-state index >= 15 is 0 Å². The molecule has 4 aromatic rings. The van der Waals surface area contributed by atoms with Gasteiger partial charge in [-0.3, -0.25) is 4.79 Å². The number of aromatic amines is 1. The molecule has 2 aromatic carbocycles. The Bertz CT molecular complexity index is 1260. The number of fused-ring (bicyclic) bond motifs is 1. The van der Waals surface area contributed by atoms with Gasteiger partial charge in [0.1, 0.15) is 5.82 Å². The van der Waals surface area contributed by atoms with Gasteiger partial charge >= 0.3 is 5.97 Å². The predicted molar refractivity (Wildman–Crippen MR) is 108 cm³/mol. The second kappa shape index (κ2) is 7.88. The number of benzene rings is 2. The number of nitrogens with one attached hydrogen (secondary N) is 1. The van der Waals surface area contributed by atoms with Gasteiger partial charge in [0.15, 0.2) is 0 Å². The fraction of sp³-hybridized carbons (Fsp3) is 0.150. The molecule has 0 radical (unpaired) electrons. The maximum Gasteiger partial charge on any atom is 0.337 e. The van der Waals surface area contributed by atoms with Gasteiger partial charge in [0.25, 0.3) is 10.8 Å². The Kier molecular flexibility index (Phi) is 5.13. The van der Waals surface area contributed by atoms with E-state index in [2.05, 4.69) is 20.2 Å². The second-order valence-electron chi connectivity index (χ2n) is 6.21. The van der Waals surface area contributed by atoms with Crippen molar-refractivity contribution >= 4 is 28.6 Å². The number of aromatic nitrogens is 4. The number of H-pyrrole nitrogens is 1. The summed E-state index contributed by atoms with van der Waals surface area (Å²) in [6.45, 7) is 1.97. The first kappa shape index (κ1) is 18.9. The summed E-state index contributed by atoms with van der Waals surface area (Å²) >= 11 is 1.26. The van der Waals surface area contributed by atoms with Crippen molar-refractivity contribution in [3.05, 3.63) is 69.8 Å². The average Bonchev–Trinajstić information content (AvgIpc) is 3.20. The monoisotopic (exact) mass is 408 g/mol. The summed E-state index contributed by atoms with van der Waals surface area (Å²) in [4.78, 5) is 31.2. The van der Waals surface area contributed by atoms with Crippen molar-refractivity contribution in [2.24, 2.45) is 0 Å². The Hall–Kier alpha value is -3.46. The van der Waals surface area contributed by atoms with Crippen molar-refractivity contribution < 1.29 is 13.9 Å². The fourth-order valence-corrected chi connectivity index (χ4v) is 3.45. The van der Waals surface area contributed by atoms with E-state index in [1.807, 2.05) is 31.2 Å². The Morgan fingerprint density at radius 3 is 2.83 bits per heavy atom. The van der Waals surface area contributed by atoms with Gasteiger partial charge in [-0.15, -0.1) is 10.2 Å². The lowest BCUT2D eigenvalue weighted by Gasteiger charge is -2.04. The standard InChI is InChI=1S/C20H16N4O4S/c1-11-5-3-4-6-13(11)18-23-24-20(28-18)29-10-16-21-15-9-12(19(26)27-2)7-8-14(15)17(25)22-16/h3-9H,10H2,1-2H3,(H,21,22,25). The van der Waals surface area contributed by atoms with Gasteiger partial charge in [-0.2, -0.15) is 0 Å². The lowest BCUT2D eigenvalue weighted by Crippen LogP contribution is -2.12. The molecule has 0 aliphatic rings. The van der Waals surface area contributed by atoms with Crippen LogP contribution < -0.4 is 5.56 Å². The molecule has 0 unspecified atom stereocenters. The van der Waals surface area contributed by atoms with Crippen LogP contribution in [-0.4, -0.2) is 33.2 Å². The van der Waals surface area contributed by atoms with Crippen molar-refractivity contribution in [1.82, 2.24) is 20.2 Å². The van der Waals surface area contributed by atoms with E-state index < -0.39 is 5.97 Å². The number of hydrogen-bond donors (Lipinski definition) is 1. The number of hydrogen-bond acceptors (Lipinski definition) is 8. The first-order valence-electron chi connectivity index (χ1n) is 8.69. The van der Waals surface area contributed by atoms with Gasteiger partial charge in [0, 0.05) is 5.56 Å². The van der Waals surface area contributed by atoms with E-state index in [4.69, 9.17) is 9.15 Å². The Morgan fingerprint density at radius 1 is 1.21 bits per heavy atom. The van der Waals surface area contributed by atoms with Crippen LogP contribution in [-0.2, 0) is 10.5 Å². The second-order valence-corrected chi connectivity index (χ2v) is 7.14. The third-order valence-corrected chi connectivity index (χ3v) is 5.12. The van der Waals surface area contributed by atoms with Crippen LogP contribution in [0.2, 0.25) is 0 Å². The minimum Gasteiger partial charge on any atom is -0.465 e. The summed E-state index contributed by atoms with van der Waals surface area (Å²) in [5, 5.41) is 8.90. The number of esters is 1. The minimum atomic E-state index is -0.487. The Labute approximate surface area is 169 Å². The molecule has 0 spiro atoms. The van der Waals surface area contributed by atoms with Gasteiger partial charge in [-0.25, -0.2) is 9.78 Å². The van der Waals surface area contributed by atoms with Gasteiger partial charge in [-0.1, -0.05) is 30.0 Å². The molecule has 0 fully saturated rings. The molecule has 8 nitrogen and oxygen atoms in total. The largest absolute Gasteiger partial charge is 0.465 e. The van der Waals surface area contributed by atoms with Gasteiger partial charge < -0.3 is 14.1 Å². The summed E-state index contributed by atoms with van der Waals surface area (Å²) in [6, 6.07) is 12.4. The van der Waals surface area contributed by atoms with Crippen LogP contribution in [0.15, 0.2) is 56.9 Å². The van der Waals surface area contributed by atoms with Crippen LogP contribution >= 0.6 is 11.8 Å². The third kappa shape index (κ3) is 3.90. The van der Waals surface area contributed by atoms with E-state index in [1.54, 1.807) is 6.07 Å². The van der Waals surface area contributed by atoms with E-state index in [9.17, 15) is 9.59 Å². The molecule has 4 rings (SSSR count). The molecule has 0 aliphatic carbocycles. The molecule has 2 heterocycles. The van der Waals surface area contributed by atoms with Gasteiger partial charge in [-0.05, 0) is 36.8 Å². The quantitative estimate of drug-likeness (QED) is 0.395. The lowest BCUT2D eigenvalue weighted by molar-refractivity contribution is 0.0601. The molecule has 2 aromatic heterocycles. The van der Waals surface area contributed by atoms with E-state index in [0.29, 0.717) is 39.2 Å². The SMILES string of the molecule is COC(=O)c1ccc2c(=O)[nH]c(CSc3nnc(-c4ccccc4C)o3)nc2c1. The van der Waals surface area contributed by atoms with Crippen molar-refractivity contribution in [3.63, 3.8) is 0 Å². The number of carbonyl (C=O) groups excluding carboxylic acids is 1. The minimum absolute atomic E-state index is 0.284. The summed E-state index contributed by atoms with van der Waals surface area (Å²) in [6.07, 6.45) is 0. The average molecular weight is 408 g/mol. The molecule has 0 atom stereocenters. The van der Waals surface area contributed by atoms with E-state index in [1.165, 1.54) is 31.0 Å². The van der Waals surface area contributed by atoms with Gasteiger partial charge in [0.2, 0.25) is 5.89 Å². The number of methoxy groups -OCH3 is 1. The van der Waals surface area contributed by atoms with E-state index in [0.717, 1.165) is 11.1 Å². The predicted octanol–water partition coefficient (Wildman–Crippen LogP) is 3.36. The van der Waals surface area contributed by atoms with E-state index in [-0.39, 0.29) is 5.56 Å². The van der Waals surface area contributed by atoms with Crippen molar-refractivity contribution in [1.29, 1.82) is 0 Å². The number of carbonyl (C=O) groups is 1.